The molecule has 104 valence electrons. The van der Waals surface area contributed by atoms with Gasteiger partial charge in [-0.25, -0.2) is 0 Å². The van der Waals surface area contributed by atoms with Crippen LogP contribution in [0.4, 0.5) is 0 Å². The van der Waals surface area contributed by atoms with E-state index >= 15 is 0 Å². The van der Waals surface area contributed by atoms with Crippen LogP contribution in [-0.2, 0) is 16.1 Å². The van der Waals surface area contributed by atoms with Crippen molar-refractivity contribution >= 4 is 17.3 Å². The molecule has 2 rings (SSSR count). The van der Waals surface area contributed by atoms with Gasteiger partial charge < -0.3 is 9.84 Å². The second-order valence-corrected chi connectivity index (χ2v) is 5.15. The molecule has 1 aromatic carbocycles. The van der Waals surface area contributed by atoms with E-state index in [1.807, 2.05) is 45.0 Å². The third-order valence-corrected chi connectivity index (χ3v) is 2.75. The van der Waals surface area contributed by atoms with Gasteiger partial charge in [0.15, 0.2) is 0 Å². The van der Waals surface area contributed by atoms with Crippen LogP contribution in [0.25, 0.3) is 10.9 Å². The van der Waals surface area contributed by atoms with Crippen molar-refractivity contribution in [3.05, 3.63) is 36.0 Å². The molecular weight excluding hydrogens is 242 g/mol. The van der Waals surface area contributed by atoms with Crippen LogP contribution in [0.15, 0.2) is 30.5 Å². The van der Waals surface area contributed by atoms with Crippen molar-refractivity contribution in [2.75, 3.05) is 7.11 Å². The van der Waals surface area contributed by atoms with Crippen molar-refractivity contribution in [2.24, 2.45) is 0 Å². The molecule has 2 aromatic rings. The average molecular weight is 263 g/mol. The van der Waals surface area contributed by atoms with Gasteiger partial charge in [-0.05, 0) is 38.5 Å². The van der Waals surface area contributed by atoms with E-state index in [1.54, 1.807) is 13.3 Å². The fraction of sp³-hybridized carbons (Fsp3) is 0.400. The Hall–Kier alpha value is -1.65. The van der Waals surface area contributed by atoms with E-state index in [4.69, 9.17) is 9.84 Å². The van der Waals surface area contributed by atoms with Gasteiger partial charge in [0.05, 0.1) is 17.7 Å². The minimum Gasteiger partial charge on any atom is -0.392 e. The molecule has 0 fully saturated rings. The maximum absolute atomic E-state index is 10.6. The molecule has 0 saturated heterocycles. The molecule has 1 aromatic heterocycles. The Bertz CT molecular complexity index is 538. The first kappa shape index (κ1) is 15.4. The summed E-state index contributed by atoms with van der Waals surface area (Å²) >= 11 is 0. The molecule has 0 saturated carbocycles. The molecule has 0 radical (unpaired) electrons. The van der Waals surface area contributed by atoms with E-state index < -0.39 is 0 Å². The number of fused-ring (bicyclic) bond motifs is 1. The van der Waals surface area contributed by atoms with Crippen LogP contribution >= 0.6 is 0 Å². The smallest absolute Gasteiger partial charge is 0.218 e. The van der Waals surface area contributed by atoms with Crippen molar-refractivity contribution < 1.29 is 14.6 Å². The highest BCUT2D eigenvalue weighted by molar-refractivity contribution is 5.87. The van der Waals surface area contributed by atoms with Crippen molar-refractivity contribution in [3.8, 4) is 0 Å². The zero-order valence-electron chi connectivity index (χ0n) is 11.9. The van der Waals surface area contributed by atoms with Gasteiger partial charge >= 0.3 is 0 Å². The Balaban J connectivity index is 0.000000258. The number of hydrogen-bond donors (Lipinski definition) is 1. The normalized spacial score (nSPS) is 11.0. The zero-order chi connectivity index (χ0) is 14.5. The lowest BCUT2D eigenvalue weighted by Crippen LogP contribution is -2.15. The quantitative estimate of drug-likeness (QED) is 0.847. The number of carbonyl (C=O) groups excluding carboxylic acids is 1. The molecule has 0 amide bonds. The van der Waals surface area contributed by atoms with Crippen molar-refractivity contribution in [3.63, 3.8) is 0 Å². The molecular formula is C15H21NO3. The standard InChI is InChI=1S/C10H9NO2.C5H12O/c12-6-8-2-1-3-10-9(8)4-5-11(10)7-13;1-5(2,3)6-4/h1-5,7,12H,6H2;1-4H3. The second kappa shape index (κ2) is 6.50. The molecule has 0 bridgehead atoms. The predicted molar refractivity (Wildman–Crippen MR) is 76.8 cm³/mol. The Morgan fingerprint density at radius 3 is 2.42 bits per heavy atom. The Morgan fingerprint density at radius 2 is 1.95 bits per heavy atom. The number of aliphatic hydroxyl groups is 1. The fourth-order valence-corrected chi connectivity index (χ4v) is 1.48. The van der Waals surface area contributed by atoms with E-state index in [-0.39, 0.29) is 12.2 Å². The first-order valence-electron chi connectivity index (χ1n) is 6.12. The van der Waals surface area contributed by atoms with Crippen LogP contribution in [0.3, 0.4) is 0 Å². The summed E-state index contributed by atoms with van der Waals surface area (Å²) in [5.74, 6) is 0. The van der Waals surface area contributed by atoms with Gasteiger partial charge in [0.1, 0.15) is 0 Å². The summed E-state index contributed by atoms with van der Waals surface area (Å²) in [6, 6.07) is 7.35. The highest BCUT2D eigenvalue weighted by atomic mass is 16.5. The van der Waals surface area contributed by atoms with Gasteiger partial charge in [-0.2, -0.15) is 0 Å². The van der Waals surface area contributed by atoms with Crippen molar-refractivity contribution in [2.45, 2.75) is 33.0 Å². The zero-order valence-corrected chi connectivity index (χ0v) is 11.9. The van der Waals surface area contributed by atoms with Gasteiger partial charge in [-0.15, -0.1) is 0 Å². The molecule has 0 aliphatic rings. The molecule has 1 N–H and O–H groups in total. The second-order valence-electron chi connectivity index (χ2n) is 5.15. The molecule has 0 spiro atoms. The number of benzene rings is 1. The summed E-state index contributed by atoms with van der Waals surface area (Å²) in [4.78, 5) is 10.6. The van der Waals surface area contributed by atoms with Crippen molar-refractivity contribution in [1.82, 2.24) is 4.57 Å². The van der Waals surface area contributed by atoms with Crippen LogP contribution in [0.5, 0.6) is 0 Å². The van der Waals surface area contributed by atoms with Crippen molar-refractivity contribution in [1.29, 1.82) is 0 Å². The first-order valence-corrected chi connectivity index (χ1v) is 6.12. The van der Waals surface area contributed by atoms with Gasteiger partial charge in [0, 0.05) is 18.7 Å². The molecule has 4 nitrogen and oxygen atoms in total. The maximum Gasteiger partial charge on any atom is 0.218 e. The lowest BCUT2D eigenvalue weighted by molar-refractivity contribution is 0.0397. The average Bonchev–Trinajstić information content (AvgIpc) is 2.81. The molecule has 0 atom stereocenters. The van der Waals surface area contributed by atoms with E-state index in [9.17, 15) is 4.79 Å². The summed E-state index contributed by atoms with van der Waals surface area (Å²) in [6.07, 6.45) is 2.44. The topological polar surface area (TPSA) is 51.5 Å². The number of carbonyl (C=O) groups is 1. The van der Waals surface area contributed by atoms with Gasteiger partial charge in [-0.3, -0.25) is 9.36 Å². The monoisotopic (exact) mass is 263 g/mol. The largest absolute Gasteiger partial charge is 0.392 e. The highest BCUT2D eigenvalue weighted by Crippen LogP contribution is 2.19. The highest BCUT2D eigenvalue weighted by Gasteiger charge is 2.04. The Labute approximate surface area is 113 Å². The summed E-state index contributed by atoms with van der Waals surface area (Å²) < 4.78 is 6.43. The van der Waals surface area contributed by atoms with Gasteiger partial charge in [0.2, 0.25) is 6.41 Å². The number of aromatic nitrogens is 1. The van der Waals surface area contributed by atoms with Gasteiger partial charge in [-0.1, -0.05) is 12.1 Å². The Kier molecular flexibility index (Phi) is 5.27. The predicted octanol–water partition coefficient (Wildman–Crippen LogP) is 2.60. The summed E-state index contributed by atoms with van der Waals surface area (Å²) in [6.45, 7) is 6.06. The first-order chi connectivity index (χ1) is 8.92. The Morgan fingerprint density at radius 1 is 1.32 bits per heavy atom. The summed E-state index contributed by atoms with van der Waals surface area (Å²) in [5, 5.41) is 9.95. The SMILES string of the molecule is COC(C)(C)C.O=Cn1ccc2c(CO)cccc21. The number of rotatable bonds is 2. The van der Waals surface area contributed by atoms with E-state index in [0.717, 1.165) is 22.9 Å². The van der Waals surface area contributed by atoms with Crippen LogP contribution in [0.2, 0.25) is 0 Å². The van der Waals surface area contributed by atoms with Gasteiger partial charge in [0.25, 0.3) is 0 Å². The lowest BCUT2D eigenvalue weighted by Gasteiger charge is -2.14. The number of aliphatic hydroxyl groups excluding tert-OH is 1. The third kappa shape index (κ3) is 4.19. The van der Waals surface area contributed by atoms with Crippen LogP contribution in [0.1, 0.15) is 26.3 Å². The molecule has 0 aliphatic carbocycles. The summed E-state index contributed by atoms with van der Waals surface area (Å²) in [7, 11) is 1.71. The third-order valence-electron chi connectivity index (χ3n) is 2.75. The number of hydrogen-bond acceptors (Lipinski definition) is 3. The lowest BCUT2D eigenvalue weighted by atomic mass is 10.1. The number of ether oxygens (including phenoxy) is 1. The van der Waals surface area contributed by atoms with Crippen LogP contribution in [-0.4, -0.2) is 28.8 Å². The summed E-state index contributed by atoms with van der Waals surface area (Å²) in [5.41, 5.74) is 1.72. The fourth-order valence-electron chi connectivity index (χ4n) is 1.48. The molecule has 19 heavy (non-hydrogen) atoms. The van der Waals surface area contributed by atoms with E-state index in [1.165, 1.54) is 4.57 Å². The number of methoxy groups -OCH3 is 1. The molecule has 0 aliphatic heterocycles. The molecule has 0 unspecified atom stereocenters. The number of nitrogens with zero attached hydrogens (tertiary/aromatic N) is 1. The van der Waals surface area contributed by atoms with Crippen LogP contribution in [0, 0.1) is 0 Å². The minimum absolute atomic E-state index is 0.000209. The van der Waals surface area contributed by atoms with E-state index in [2.05, 4.69) is 0 Å². The van der Waals surface area contributed by atoms with E-state index in [0.29, 0.717) is 0 Å². The minimum atomic E-state index is 0.000209. The van der Waals surface area contributed by atoms with Crippen LogP contribution < -0.4 is 0 Å². The maximum atomic E-state index is 10.6. The molecule has 1 heterocycles. The molecule has 4 heteroatoms.